The predicted molar refractivity (Wildman–Crippen MR) is 136 cm³/mol. The Bertz CT molecular complexity index is 1320. The highest BCUT2D eigenvalue weighted by molar-refractivity contribution is 8.00. The van der Waals surface area contributed by atoms with Gasteiger partial charge in [-0.05, 0) is 49.6 Å². The summed E-state index contributed by atoms with van der Waals surface area (Å²) in [6.45, 7) is 5.72. The van der Waals surface area contributed by atoms with E-state index in [-0.39, 0.29) is 24.1 Å². The van der Waals surface area contributed by atoms with Crippen LogP contribution < -0.4 is 10.6 Å². The summed E-state index contributed by atoms with van der Waals surface area (Å²) in [5, 5.41) is 7.25. The molecule has 0 saturated heterocycles. The lowest BCUT2D eigenvalue weighted by Gasteiger charge is -2.11. The van der Waals surface area contributed by atoms with Crippen LogP contribution in [0.15, 0.2) is 59.6 Å². The molecule has 33 heavy (non-hydrogen) atoms. The topological polar surface area (TPSA) is 84.0 Å². The van der Waals surface area contributed by atoms with E-state index in [9.17, 15) is 9.59 Å². The Kier molecular flexibility index (Phi) is 7.05. The molecule has 2 N–H and O–H groups in total. The minimum absolute atomic E-state index is 0.0818. The Morgan fingerprint density at radius 1 is 0.970 bits per heavy atom. The Labute approximate surface area is 200 Å². The second kappa shape index (κ2) is 10.1. The van der Waals surface area contributed by atoms with Gasteiger partial charge in [0.25, 0.3) is 0 Å². The Morgan fingerprint density at radius 2 is 1.76 bits per heavy atom. The lowest BCUT2D eigenvalue weighted by molar-refractivity contribution is -0.122. The van der Waals surface area contributed by atoms with E-state index in [4.69, 9.17) is 0 Å². The first-order valence-electron chi connectivity index (χ1n) is 10.5. The molecule has 2 aromatic heterocycles. The third-order valence-corrected chi connectivity index (χ3v) is 7.26. The van der Waals surface area contributed by atoms with E-state index in [1.54, 1.807) is 11.3 Å². The number of thioether (sulfide) groups is 1. The van der Waals surface area contributed by atoms with E-state index in [2.05, 4.69) is 38.8 Å². The van der Waals surface area contributed by atoms with Gasteiger partial charge in [0.1, 0.15) is 15.7 Å². The van der Waals surface area contributed by atoms with E-state index in [1.165, 1.54) is 11.8 Å². The highest BCUT2D eigenvalue weighted by Crippen LogP contribution is 2.36. The van der Waals surface area contributed by atoms with Crippen LogP contribution in [0, 0.1) is 20.8 Å². The Balaban J connectivity index is 1.38. The molecule has 0 aliphatic carbocycles. The SMILES string of the molecule is Cc1nc(SCC(=O)NCC(=O)Nc2cccc(C)c2C)c2cc(-c3ccccc3)sc2n1. The minimum Gasteiger partial charge on any atom is -0.346 e. The number of anilines is 1. The Morgan fingerprint density at radius 3 is 2.55 bits per heavy atom. The smallest absolute Gasteiger partial charge is 0.243 e. The predicted octanol–water partition coefficient (Wildman–Crippen LogP) is 5.13. The number of rotatable bonds is 7. The van der Waals surface area contributed by atoms with Gasteiger partial charge in [-0.3, -0.25) is 9.59 Å². The highest BCUT2D eigenvalue weighted by Gasteiger charge is 2.14. The number of benzene rings is 2. The van der Waals surface area contributed by atoms with Crippen LogP contribution >= 0.6 is 23.1 Å². The number of carbonyl (C=O) groups is 2. The van der Waals surface area contributed by atoms with Crippen LogP contribution in [0.3, 0.4) is 0 Å². The molecule has 8 heteroatoms. The summed E-state index contributed by atoms with van der Waals surface area (Å²) < 4.78 is 0. The number of aryl methyl sites for hydroxylation is 2. The van der Waals surface area contributed by atoms with Crippen molar-refractivity contribution < 1.29 is 9.59 Å². The molecule has 4 aromatic rings. The zero-order chi connectivity index (χ0) is 23.4. The molecule has 2 amide bonds. The summed E-state index contributed by atoms with van der Waals surface area (Å²) in [7, 11) is 0. The summed E-state index contributed by atoms with van der Waals surface area (Å²) in [5.41, 5.74) is 4.00. The van der Waals surface area contributed by atoms with Gasteiger partial charge in [-0.25, -0.2) is 9.97 Å². The van der Waals surface area contributed by atoms with E-state index in [1.807, 2.05) is 57.2 Å². The number of nitrogens with zero attached hydrogens (tertiary/aromatic N) is 2. The standard InChI is InChI=1S/C25H24N4O2S2/c1-15-8-7-11-20(16(15)2)29-22(30)13-26-23(31)14-32-24-19-12-21(18-9-5-4-6-10-18)33-25(19)28-17(3)27-24/h4-12H,13-14H2,1-3H3,(H,26,31)(H,29,30). The van der Waals surface area contributed by atoms with Crippen molar-refractivity contribution >= 4 is 50.8 Å². The molecule has 2 aromatic carbocycles. The fraction of sp³-hybridized carbons (Fsp3) is 0.200. The number of fused-ring (bicyclic) bond motifs is 1. The fourth-order valence-corrected chi connectivity index (χ4v) is 5.32. The summed E-state index contributed by atoms with van der Waals surface area (Å²) >= 11 is 2.96. The number of aromatic nitrogens is 2. The summed E-state index contributed by atoms with van der Waals surface area (Å²) in [5.74, 6) is 0.352. The van der Waals surface area contributed by atoms with Crippen LogP contribution in [-0.2, 0) is 9.59 Å². The maximum Gasteiger partial charge on any atom is 0.243 e. The van der Waals surface area contributed by atoms with Crippen molar-refractivity contribution in [3.8, 4) is 10.4 Å². The molecule has 0 spiro atoms. The van der Waals surface area contributed by atoms with Crippen molar-refractivity contribution in [2.45, 2.75) is 25.8 Å². The molecule has 4 rings (SSSR count). The number of carbonyl (C=O) groups excluding carboxylic acids is 2. The second-order valence-electron chi connectivity index (χ2n) is 7.63. The number of hydrogen-bond donors (Lipinski definition) is 2. The first-order chi connectivity index (χ1) is 15.9. The third-order valence-electron chi connectivity index (χ3n) is 5.19. The summed E-state index contributed by atoms with van der Waals surface area (Å²) in [4.78, 5) is 35.8. The van der Waals surface area contributed by atoms with E-state index < -0.39 is 0 Å². The van der Waals surface area contributed by atoms with E-state index in [0.29, 0.717) is 5.82 Å². The fourth-order valence-electron chi connectivity index (χ4n) is 3.30. The zero-order valence-corrected chi connectivity index (χ0v) is 20.3. The lowest BCUT2D eigenvalue weighted by atomic mass is 10.1. The first-order valence-corrected chi connectivity index (χ1v) is 12.3. The molecular weight excluding hydrogens is 452 g/mol. The van der Waals surface area contributed by atoms with Crippen molar-refractivity contribution in [1.29, 1.82) is 0 Å². The van der Waals surface area contributed by atoms with Crippen LogP contribution in [0.4, 0.5) is 5.69 Å². The van der Waals surface area contributed by atoms with Crippen LogP contribution in [0.1, 0.15) is 17.0 Å². The molecule has 0 aliphatic heterocycles. The van der Waals surface area contributed by atoms with Gasteiger partial charge in [-0.2, -0.15) is 0 Å². The molecule has 2 heterocycles. The van der Waals surface area contributed by atoms with Gasteiger partial charge in [0.2, 0.25) is 11.8 Å². The zero-order valence-electron chi connectivity index (χ0n) is 18.6. The Hall–Kier alpha value is -3.23. The van der Waals surface area contributed by atoms with Crippen molar-refractivity contribution in [3.05, 3.63) is 71.5 Å². The molecule has 0 saturated carbocycles. The van der Waals surface area contributed by atoms with Crippen molar-refractivity contribution in [3.63, 3.8) is 0 Å². The molecule has 0 radical (unpaired) electrons. The van der Waals surface area contributed by atoms with Gasteiger partial charge in [0, 0.05) is 16.0 Å². The van der Waals surface area contributed by atoms with Crippen LogP contribution in [-0.4, -0.2) is 34.1 Å². The van der Waals surface area contributed by atoms with Crippen LogP contribution in [0.25, 0.3) is 20.7 Å². The average Bonchev–Trinajstić information content (AvgIpc) is 3.24. The van der Waals surface area contributed by atoms with E-state index >= 15 is 0 Å². The number of thiophene rings is 1. The maximum absolute atomic E-state index is 12.4. The molecule has 0 atom stereocenters. The molecule has 0 unspecified atom stereocenters. The third kappa shape index (κ3) is 5.58. The van der Waals surface area contributed by atoms with Crippen LogP contribution in [0.5, 0.6) is 0 Å². The lowest BCUT2D eigenvalue weighted by Crippen LogP contribution is -2.34. The van der Waals surface area contributed by atoms with Crippen molar-refractivity contribution in [1.82, 2.24) is 15.3 Å². The molecule has 6 nitrogen and oxygen atoms in total. The molecular formula is C25H24N4O2S2. The number of nitrogens with one attached hydrogen (secondary N) is 2. The quantitative estimate of drug-likeness (QED) is 0.285. The van der Waals surface area contributed by atoms with Gasteiger partial charge < -0.3 is 10.6 Å². The van der Waals surface area contributed by atoms with Gasteiger partial charge in [-0.15, -0.1) is 11.3 Å². The van der Waals surface area contributed by atoms with Crippen LogP contribution in [0.2, 0.25) is 0 Å². The molecule has 0 bridgehead atoms. The van der Waals surface area contributed by atoms with Gasteiger partial charge in [0.15, 0.2) is 0 Å². The molecule has 168 valence electrons. The number of hydrogen-bond acceptors (Lipinski definition) is 6. The van der Waals surface area contributed by atoms with Gasteiger partial charge in [0.05, 0.1) is 12.3 Å². The monoisotopic (exact) mass is 476 g/mol. The molecule has 0 aliphatic rings. The van der Waals surface area contributed by atoms with Gasteiger partial charge in [-0.1, -0.05) is 54.2 Å². The largest absolute Gasteiger partial charge is 0.346 e. The van der Waals surface area contributed by atoms with E-state index in [0.717, 1.165) is 42.5 Å². The minimum atomic E-state index is -0.257. The number of amides is 2. The first kappa shape index (κ1) is 22.9. The summed E-state index contributed by atoms with van der Waals surface area (Å²) in [6, 6.07) is 17.9. The maximum atomic E-state index is 12.4. The van der Waals surface area contributed by atoms with Crippen molar-refractivity contribution in [2.24, 2.45) is 0 Å². The summed E-state index contributed by atoms with van der Waals surface area (Å²) in [6.07, 6.45) is 0. The highest BCUT2D eigenvalue weighted by atomic mass is 32.2. The normalized spacial score (nSPS) is 10.9. The average molecular weight is 477 g/mol. The van der Waals surface area contributed by atoms with Gasteiger partial charge >= 0.3 is 0 Å². The van der Waals surface area contributed by atoms with Crippen molar-refractivity contribution in [2.75, 3.05) is 17.6 Å². The second-order valence-corrected chi connectivity index (χ2v) is 9.63. The molecule has 0 fully saturated rings.